The summed E-state index contributed by atoms with van der Waals surface area (Å²) in [6.07, 6.45) is 0. The van der Waals surface area contributed by atoms with Crippen LogP contribution in [0.4, 0.5) is 5.69 Å². The second kappa shape index (κ2) is 12.3. The van der Waals surface area contributed by atoms with Crippen molar-refractivity contribution in [3.05, 3.63) is 94.5 Å². The predicted octanol–water partition coefficient (Wildman–Crippen LogP) is 4.67. The van der Waals surface area contributed by atoms with Gasteiger partial charge < -0.3 is 10.2 Å². The van der Waals surface area contributed by atoms with Crippen LogP contribution in [0.2, 0.25) is 0 Å². The van der Waals surface area contributed by atoms with Gasteiger partial charge in [0.25, 0.3) is 10.0 Å². The van der Waals surface area contributed by atoms with Gasteiger partial charge in [-0.2, -0.15) is 0 Å². The van der Waals surface area contributed by atoms with Crippen molar-refractivity contribution < 1.29 is 18.0 Å². The van der Waals surface area contributed by atoms with E-state index in [0.717, 1.165) is 32.1 Å². The fraction of sp³-hybridized carbons (Fsp3) is 0.333. The minimum Gasteiger partial charge on any atom is -0.355 e. The van der Waals surface area contributed by atoms with E-state index >= 15 is 0 Å². The molecule has 0 spiro atoms. The Morgan fingerprint density at radius 1 is 0.868 bits per heavy atom. The molecule has 0 aliphatic rings. The first-order chi connectivity index (χ1) is 17.9. The van der Waals surface area contributed by atoms with Crippen molar-refractivity contribution in [2.75, 3.05) is 17.4 Å². The maximum atomic E-state index is 13.9. The highest BCUT2D eigenvalue weighted by Gasteiger charge is 2.33. The van der Waals surface area contributed by atoms with Gasteiger partial charge in [-0.05, 0) is 76.4 Å². The number of aryl methyl sites for hydroxylation is 4. The van der Waals surface area contributed by atoms with Crippen molar-refractivity contribution in [3.8, 4) is 0 Å². The Morgan fingerprint density at radius 2 is 1.50 bits per heavy atom. The van der Waals surface area contributed by atoms with Gasteiger partial charge in [0.1, 0.15) is 12.6 Å². The highest BCUT2D eigenvalue weighted by atomic mass is 32.2. The summed E-state index contributed by atoms with van der Waals surface area (Å²) < 4.78 is 29.0. The van der Waals surface area contributed by atoms with Crippen LogP contribution in [0.5, 0.6) is 0 Å². The summed E-state index contributed by atoms with van der Waals surface area (Å²) in [7, 11) is -4.09. The Labute approximate surface area is 226 Å². The zero-order valence-electron chi connectivity index (χ0n) is 23.0. The molecule has 3 aromatic rings. The van der Waals surface area contributed by atoms with E-state index in [1.165, 1.54) is 4.90 Å². The van der Waals surface area contributed by atoms with E-state index in [9.17, 15) is 18.0 Å². The molecule has 0 aliphatic heterocycles. The Hall–Kier alpha value is -3.65. The molecule has 3 aromatic carbocycles. The van der Waals surface area contributed by atoms with E-state index in [-0.39, 0.29) is 17.3 Å². The fourth-order valence-corrected chi connectivity index (χ4v) is 5.79. The van der Waals surface area contributed by atoms with E-state index in [4.69, 9.17) is 0 Å². The summed E-state index contributed by atoms with van der Waals surface area (Å²) in [5.74, 6) is -0.767. The molecule has 3 rings (SSSR count). The first kappa shape index (κ1) is 28.9. The molecule has 0 radical (unpaired) electrons. The quantitative estimate of drug-likeness (QED) is 0.409. The van der Waals surface area contributed by atoms with Crippen molar-refractivity contribution >= 4 is 27.5 Å². The summed E-state index contributed by atoms with van der Waals surface area (Å²) in [6, 6.07) is 18.8. The van der Waals surface area contributed by atoms with Crippen LogP contribution in [0.15, 0.2) is 71.6 Å². The zero-order chi connectivity index (χ0) is 28.0. The summed E-state index contributed by atoms with van der Waals surface area (Å²) in [4.78, 5) is 28.3. The fourth-order valence-electron chi connectivity index (χ4n) is 4.31. The molecule has 0 fully saturated rings. The summed E-state index contributed by atoms with van der Waals surface area (Å²) in [5.41, 5.74) is 4.93. The maximum absolute atomic E-state index is 13.9. The van der Waals surface area contributed by atoms with Gasteiger partial charge in [-0.15, -0.1) is 0 Å². The van der Waals surface area contributed by atoms with Crippen LogP contribution in [-0.2, 0) is 26.2 Å². The number of nitrogens with one attached hydrogen (secondary N) is 1. The Morgan fingerprint density at radius 3 is 2.11 bits per heavy atom. The Bertz CT molecular complexity index is 1400. The number of carbonyl (C=O) groups excluding carboxylic acids is 2. The van der Waals surface area contributed by atoms with E-state index in [1.807, 2.05) is 71.0 Å². The van der Waals surface area contributed by atoms with Crippen molar-refractivity contribution in [2.45, 2.75) is 59.0 Å². The molecular weight excluding hydrogens is 498 g/mol. The number of hydrogen-bond acceptors (Lipinski definition) is 4. The monoisotopic (exact) mass is 535 g/mol. The lowest BCUT2D eigenvalue weighted by Crippen LogP contribution is -2.51. The third-order valence-electron chi connectivity index (χ3n) is 6.63. The van der Waals surface area contributed by atoms with Gasteiger partial charge >= 0.3 is 0 Å². The molecule has 202 valence electrons. The zero-order valence-corrected chi connectivity index (χ0v) is 23.8. The smallest absolute Gasteiger partial charge is 0.264 e. The van der Waals surface area contributed by atoms with E-state index < -0.39 is 28.5 Å². The number of anilines is 1. The highest BCUT2D eigenvalue weighted by Crippen LogP contribution is 2.28. The van der Waals surface area contributed by atoms with Crippen molar-refractivity contribution in [1.82, 2.24) is 10.2 Å². The molecule has 0 aromatic heterocycles. The van der Waals surface area contributed by atoms with Crippen LogP contribution in [0.1, 0.15) is 41.7 Å². The van der Waals surface area contributed by atoms with Crippen LogP contribution in [-0.4, -0.2) is 44.3 Å². The SMILES string of the molecule is CCNC(=O)[C@@H](C)N(Cc1ccccc1C)C(=O)CN(c1ccc(C)cc1C)S(=O)(=O)c1ccc(C)cc1. The van der Waals surface area contributed by atoms with Gasteiger partial charge in [0.05, 0.1) is 10.6 Å². The number of likely N-dealkylation sites (N-methyl/N-ethyl adjacent to an activating group) is 1. The summed E-state index contributed by atoms with van der Waals surface area (Å²) >= 11 is 0. The largest absolute Gasteiger partial charge is 0.355 e. The highest BCUT2D eigenvalue weighted by molar-refractivity contribution is 7.92. The summed E-state index contributed by atoms with van der Waals surface area (Å²) in [6.45, 7) is 11.2. The van der Waals surface area contributed by atoms with E-state index in [2.05, 4.69) is 5.32 Å². The lowest BCUT2D eigenvalue weighted by atomic mass is 10.1. The molecular formula is C30H37N3O4S. The molecule has 0 heterocycles. The van der Waals surface area contributed by atoms with Gasteiger partial charge in [0.15, 0.2) is 0 Å². The van der Waals surface area contributed by atoms with Crippen LogP contribution in [0.25, 0.3) is 0 Å². The molecule has 7 nitrogen and oxygen atoms in total. The number of rotatable bonds is 10. The first-order valence-electron chi connectivity index (χ1n) is 12.7. The van der Waals surface area contributed by atoms with Crippen molar-refractivity contribution in [1.29, 1.82) is 0 Å². The molecule has 1 N–H and O–H groups in total. The van der Waals surface area contributed by atoms with Crippen molar-refractivity contribution in [3.63, 3.8) is 0 Å². The molecule has 0 unspecified atom stereocenters. The van der Waals surface area contributed by atoms with Crippen LogP contribution in [0.3, 0.4) is 0 Å². The van der Waals surface area contributed by atoms with Gasteiger partial charge in [0.2, 0.25) is 11.8 Å². The number of sulfonamides is 1. The topological polar surface area (TPSA) is 86.8 Å². The van der Waals surface area contributed by atoms with E-state index in [1.54, 1.807) is 37.3 Å². The molecule has 0 saturated heterocycles. The minimum atomic E-state index is -4.09. The predicted molar refractivity (Wildman–Crippen MR) is 152 cm³/mol. The van der Waals surface area contributed by atoms with Crippen LogP contribution >= 0.6 is 0 Å². The number of carbonyl (C=O) groups is 2. The molecule has 1 atom stereocenters. The molecule has 38 heavy (non-hydrogen) atoms. The molecule has 2 amide bonds. The third kappa shape index (κ3) is 6.61. The maximum Gasteiger partial charge on any atom is 0.264 e. The molecule has 0 aliphatic carbocycles. The molecule has 0 saturated carbocycles. The minimum absolute atomic E-state index is 0.0955. The second-order valence-corrected chi connectivity index (χ2v) is 11.5. The number of nitrogens with zero attached hydrogens (tertiary/aromatic N) is 2. The van der Waals surface area contributed by atoms with E-state index in [0.29, 0.717) is 12.2 Å². The Balaban J connectivity index is 2.08. The summed E-state index contributed by atoms with van der Waals surface area (Å²) in [5, 5.41) is 2.78. The number of benzene rings is 3. The van der Waals surface area contributed by atoms with Crippen LogP contribution < -0.4 is 9.62 Å². The molecule has 0 bridgehead atoms. The number of amides is 2. The second-order valence-electron chi connectivity index (χ2n) is 9.63. The van der Waals surface area contributed by atoms with Crippen molar-refractivity contribution in [2.24, 2.45) is 0 Å². The third-order valence-corrected chi connectivity index (χ3v) is 8.40. The van der Waals surface area contributed by atoms with Gasteiger partial charge in [-0.3, -0.25) is 13.9 Å². The lowest BCUT2D eigenvalue weighted by Gasteiger charge is -2.32. The average molecular weight is 536 g/mol. The molecule has 8 heteroatoms. The van der Waals surface area contributed by atoms with Gasteiger partial charge in [-0.1, -0.05) is 59.7 Å². The van der Waals surface area contributed by atoms with Gasteiger partial charge in [0, 0.05) is 13.1 Å². The van der Waals surface area contributed by atoms with Gasteiger partial charge in [-0.25, -0.2) is 8.42 Å². The normalized spacial score (nSPS) is 12.1. The lowest BCUT2D eigenvalue weighted by molar-refractivity contribution is -0.139. The Kier molecular flexibility index (Phi) is 9.33. The van der Waals surface area contributed by atoms with Crippen LogP contribution in [0, 0.1) is 27.7 Å². The standard InChI is InChI=1S/C30H37N3O4S/c1-7-31-30(35)25(6)32(19-26-11-9-8-10-23(26)4)29(34)20-33(28-17-14-22(3)18-24(28)5)38(36,37)27-15-12-21(2)13-16-27/h8-18,25H,7,19-20H2,1-6H3,(H,31,35)/t25-/m1/s1. The first-order valence-corrected chi connectivity index (χ1v) is 14.2. The average Bonchev–Trinajstić information content (AvgIpc) is 2.87. The number of hydrogen-bond donors (Lipinski definition) is 1.